The van der Waals surface area contributed by atoms with Crippen molar-refractivity contribution in [3.8, 4) is 11.5 Å². The smallest absolute Gasteiger partial charge is 0.263 e. The van der Waals surface area contributed by atoms with Crippen LogP contribution in [0.2, 0.25) is 5.02 Å². The van der Waals surface area contributed by atoms with Gasteiger partial charge in [-0.3, -0.25) is 4.79 Å². The molecule has 1 unspecified atom stereocenters. The summed E-state index contributed by atoms with van der Waals surface area (Å²) in [7, 11) is 3.28. The zero-order valence-corrected chi connectivity index (χ0v) is 18.8. The first kappa shape index (κ1) is 21.2. The highest BCUT2D eigenvalue weighted by molar-refractivity contribution is 7.21. The van der Waals surface area contributed by atoms with Gasteiger partial charge in [0, 0.05) is 10.1 Å². The lowest BCUT2D eigenvalue weighted by Gasteiger charge is -2.20. The lowest BCUT2D eigenvalue weighted by atomic mass is 9.98. The van der Waals surface area contributed by atoms with Crippen molar-refractivity contribution in [2.24, 2.45) is 0 Å². The predicted octanol–water partition coefficient (Wildman–Crippen LogP) is 6.29. The number of fused-ring (bicyclic) bond motifs is 1. The van der Waals surface area contributed by atoms with Gasteiger partial charge < -0.3 is 14.8 Å². The van der Waals surface area contributed by atoms with Crippen molar-refractivity contribution in [1.29, 1.82) is 0 Å². The van der Waals surface area contributed by atoms with Crippen LogP contribution in [0.25, 0.3) is 10.1 Å². The molecule has 0 aliphatic heterocycles. The maximum atomic E-state index is 13.2. The lowest BCUT2D eigenvalue weighted by molar-refractivity contribution is 0.0941. The van der Waals surface area contributed by atoms with Crippen molar-refractivity contribution in [2.45, 2.75) is 12.5 Å². The Labute approximate surface area is 190 Å². The van der Waals surface area contributed by atoms with Crippen LogP contribution in [0.15, 0.2) is 72.8 Å². The average molecular weight is 452 g/mol. The Morgan fingerprint density at radius 2 is 1.55 bits per heavy atom. The number of ether oxygens (including phenoxy) is 2. The molecule has 0 saturated carbocycles. The van der Waals surface area contributed by atoms with Crippen LogP contribution in [0.4, 0.5) is 0 Å². The highest BCUT2D eigenvalue weighted by Crippen LogP contribution is 2.35. The largest absolute Gasteiger partial charge is 0.497 e. The molecule has 4 aromatic rings. The van der Waals surface area contributed by atoms with Gasteiger partial charge in [0.05, 0.1) is 25.3 Å². The van der Waals surface area contributed by atoms with Crippen molar-refractivity contribution in [3.63, 3.8) is 0 Å². The van der Waals surface area contributed by atoms with Gasteiger partial charge in [-0.25, -0.2) is 0 Å². The molecule has 158 valence electrons. The van der Waals surface area contributed by atoms with E-state index in [1.165, 1.54) is 11.3 Å². The van der Waals surface area contributed by atoms with E-state index < -0.39 is 0 Å². The molecule has 1 N–H and O–H groups in total. The van der Waals surface area contributed by atoms with Gasteiger partial charge in [0.15, 0.2) is 0 Å². The van der Waals surface area contributed by atoms with Gasteiger partial charge in [0.1, 0.15) is 16.4 Å². The Morgan fingerprint density at radius 3 is 2.16 bits per heavy atom. The maximum Gasteiger partial charge on any atom is 0.263 e. The van der Waals surface area contributed by atoms with Gasteiger partial charge in [-0.05, 0) is 47.9 Å². The van der Waals surface area contributed by atoms with Gasteiger partial charge in [-0.15, -0.1) is 11.3 Å². The molecule has 4 nitrogen and oxygen atoms in total. The van der Waals surface area contributed by atoms with Crippen LogP contribution in [0.5, 0.6) is 11.5 Å². The number of halogens is 1. The fourth-order valence-corrected chi connectivity index (χ4v) is 4.89. The zero-order valence-electron chi connectivity index (χ0n) is 17.2. The fourth-order valence-electron chi connectivity index (χ4n) is 3.47. The number of nitrogens with one attached hydrogen (secondary N) is 1. The third kappa shape index (κ3) is 4.68. The molecular formula is C25H22ClNO3S. The van der Waals surface area contributed by atoms with Gasteiger partial charge in [0.2, 0.25) is 0 Å². The lowest BCUT2D eigenvalue weighted by Crippen LogP contribution is -2.29. The van der Waals surface area contributed by atoms with E-state index >= 15 is 0 Å². The fraction of sp³-hybridized carbons (Fsp3) is 0.160. The first-order valence-electron chi connectivity index (χ1n) is 9.84. The molecule has 0 spiro atoms. The van der Waals surface area contributed by atoms with Crippen LogP contribution < -0.4 is 14.8 Å². The van der Waals surface area contributed by atoms with Crippen molar-refractivity contribution >= 4 is 38.9 Å². The number of carbonyl (C=O) groups excluding carboxylic acids is 1. The van der Waals surface area contributed by atoms with E-state index in [1.54, 1.807) is 14.2 Å². The van der Waals surface area contributed by atoms with Crippen LogP contribution in [0, 0.1) is 0 Å². The highest BCUT2D eigenvalue weighted by Gasteiger charge is 2.21. The second-order valence-corrected chi connectivity index (χ2v) is 8.52. The molecule has 6 heteroatoms. The quantitative estimate of drug-likeness (QED) is 0.359. The molecule has 0 aliphatic rings. The van der Waals surface area contributed by atoms with Gasteiger partial charge in [0.25, 0.3) is 5.91 Å². The molecule has 1 heterocycles. The number of thiophene rings is 1. The van der Waals surface area contributed by atoms with Crippen molar-refractivity contribution in [3.05, 3.63) is 93.8 Å². The zero-order chi connectivity index (χ0) is 21.8. The van der Waals surface area contributed by atoms with E-state index in [0.717, 1.165) is 32.7 Å². The standard InChI is InChI=1S/C25H22ClNO3S/c1-29-18-11-7-16(8-12-18)15-21(17-9-13-19(30-2)14-10-17)27-25(28)24-23(26)20-5-3-4-6-22(20)31-24/h3-14,21H,15H2,1-2H3,(H,27,28). The Hall–Kier alpha value is -3.02. The summed E-state index contributed by atoms with van der Waals surface area (Å²) in [5.41, 5.74) is 2.08. The molecule has 1 amide bonds. The molecular weight excluding hydrogens is 430 g/mol. The molecule has 1 atom stereocenters. The summed E-state index contributed by atoms with van der Waals surface area (Å²) in [5, 5.41) is 4.58. The number of hydrogen-bond acceptors (Lipinski definition) is 4. The second kappa shape index (κ2) is 9.41. The summed E-state index contributed by atoms with van der Waals surface area (Å²) in [5.74, 6) is 1.39. The normalized spacial score (nSPS) is 11.8. The minimum absolute atomic E-state index is 0.180. The molecule has 4 rings (SSSR count). The monoisotopic (exact) mass is 451 g/mol. The number of methoxy groups -OCH3 is 2. The second-order valence-electron chi connectivity index (χ2n) is 7.09. The molecule has 0 saturated heterocycles. The first-order chi connectivity index (χ1) is 15.1. The van der Waals surface area contributed by atoms with E-state index in [2.05, 4.69) is 5.32 Å². The number of hydrogen-bond donors (Lipinski definition) is 1. The summed E-state index contributed by atoms with van der Waals surface area (Å²) >= 11 is 7.94. The number of rotatable bonds is 7. The van der Waals surface area contributed by atoms with Crippen LogP contribution in [-0.4, -0.2) is 20.1 Å². The van der Waals surface area contributed by atoms with Gasteiger partial charge >= 0.3 is 0 Å². The number of benzene rings is 3. The van der Waals surface area contributed by atoms with Crippen molar-refractivity contribution < 1.29 is 14.3 Å². The van der Waals surface area contributed by atoms with E-state index in [4.69, 9.17) is 21.1 Å². The third-order valence-corrected chi connectivity index (χ3v) is 6.84. The molecule has 0 fully saturated rings. The minimum Gasteiger partial charge on any atom is -0.497 e. The maximum absolute atomic E-state index is 13.2. The van der Waals surface area contributed by atoms with Crippen molar-refractivity contribution in [1.82, 2.24) is 5.32 Å². The Balaban J connectivity index is 1.63. The van der Waals surface area contributed by atoms with E-state index in [1.807, 2.05) is 72.8 Å². The molecule has 31 heavy (non-hydrogen) atoms. The van der Waals surface area contributed by atoms with Crippen molar-refractivity contribution in [2.75, 3.05) is 14.2 Å². The number of carbonyl (C=O) groups is 1. The van der Waals surface area contributed by atoms with Gasteiger partial charge in [-0.2, -0.15) is 0 Å². The van der Waals surface area contributed by atoms with Crippen LogP contribution >= 0.6 is 22.9 Å². The third-order valence-electron chi connectivity index (χ3n) is 5.16. The number of amides is 1. The van der Waals surface area contributed by atoms with Crippen LogP contribution in [0.3, 0.4) is 0 Å². The topological polar surface area (TPSA) is 47.6 Å². The molecule has 0 bridgehead atoms. The molecule has 1 aromatic heterocycles. The van der Waals surface area contributed by atoms with Gasteiger partial charge in [-0.1, -0.05) is 54.1 Å². The minimum atomic E-state index is -0.229. The Kier molecular flexibility index (Phi) is 6.44. The summed E-state index contributed by atoms with van der Waals surface area (Å²) in [6.07, 6.45) is 0.630. The highest BCUT2D eigenvalue weighted by atomic mass is 35.5. The van der Waals surface area contributed by atoms with Crippen LogP contribution in [-0.2, 0) is 6.42 Å². The average Bonchev–Trinajstić information content (AvgIpc) is 3.16. The van der Waals surface area contributed by atoms with E-state index in [-0.39, 0.29) is 11.9 Å². The summed E-state index contributed by atoms with van der Waals surface area (Å²) in [6, 6.07) is 23.1. The molecule has 0 radical (unpaired) electrons. The summed E-state index contributed by atoms with van der Waals surface area (Å²) in [4.78, 5) is 13.7. The molecule has 0 aliphatic carbocycles. The SMILES string of the molecule is COc1ccc(CC(NC(=O)c2sc3ccccc3c2Cl)c2ccc(OC)cc2)cc1. The Bertz CT molecular complexity index is 1190. The Morgan fingerprint density at radius 1 is 0.935 bits per heavy atom. The summed E-state index contributed by atoms with van der Waals surface area (Å²) in [6.45, 7) is 0. The van der Waals surface area contributed by atoms with E-state index in [0.29, 0.717) is 16.3 Å². The predicted molar refractivity (Wildman–Crippen MR) is 127 cm³/mol. The molecule has 3 aromatic carbocycles. The van der Waals surface area contributed by atoms with Crippen LogP contribution in [0.1, 0.15) is 26.8 Å². The first-order valence-corrected chi connectivity index (χ1v) is 11.0. The van der Waals surface area contributed by atoms with E-state index in [9.17, 15) is 4.79 Å². The summed E-state index contributed by atoms with van der Waals surface area (Å²) < 4.78 is 11.5.